The minimum atomic E-state index is -0.0853. The Kier molecular flexibility index (Phi) is 6.84. The molecule has 31 heavy (non-hydrogen) atoms. The molecule has 1 aliphatic rings. The summed E-state index contributed by atoms with van der Waals surface area (Å²) in [4.78, 5) is 18.0. The Balaban J connectivity index is 1.40. The topological polar surface area (TPSA) is 58.3 Å². The van der Waals surface area contributed by atoms with Crippen LogP contribution in [0.15, 0.2) is 55.0 Å². The van der Waals surface area contributed by atoms with Crippen LogP contribution in [0.2, 0.25) is 0 Å². The van der Waals surface area contributed by atoms with Gasteiger partial charge in [-0.1, -0.05) is 24.6 Å². The van der Waals surface area contributed by atoms with Gasteiger partial charge >= 0.3 is 0 Å². The number of benzene rings is 1. The number of carbonyl (C=O) groups excluding carboxylic acids is 1. The van der Waals surface area contributed by atoms with Crippen molar-refractivity contribution in [2.75, 3.05) is 45.8 Å². The van der Waals surface area contributed by atoms with Crippen molar-refractivity contribution in [1.29, 1.82) is 0 Å². The van der Waals surface area contributed by atoms with Crippen molar-refractivity contribution in [1.82, 2.24) is 29.5 Å². The Morgan fingerprint density at radius 3 is 2.39 bits per heavy atom. The van der Waals surface area contributed by atoms with Crippen LogP contribution < -0.4 is 5.32 Å². The highest BCUT2D eigenvalue weighted by Gasteiger charge is 2.20. The first-order valence-corrected chi connectivity index (χ1v) is 11.2. The summed E-state index contributed by atoms with van der Waals surface area (Å²) in [7, 11) is 0. The third kappa shape index (κ3) is 5.06. The summed E-state index contributed by atoms with van der Waals surface area (Å²) in [5.41, 5.74) is 2.69. The largest absolute Gasteiger partial charge is 0.352 e. The molecule has 0 atom stereocenters. The maximum Gasteiger partial charge on any atom is 0.256 e. The smallest absolute Gasteiger partial charge is 0.256 e. The monoisotopic (exact) mass is 420 g/mol. The number of nitrogens with one attached hydrogen (secondary N) is 1. The lowest BCUT2D eigenvalue weighted by molar-refractivity contribution is 0.0948. The van der Waals surface area contributed by atoms with Gasteiger partial charge in [0.05, 0.1) is 11.9 Å². The van der Waals surface area contributed by atoms with Crippen LogP contribution in [0.25, 0.3) is 11.5 Å². The third-order valence-corrected chi connectivity index (χ3v) is 5.96. The number of likely N-dealkylation sites (N-methyl/N-ethyl adjacent to an activating group) is 1. The Morgan fingerprint density at radius 2 is 1.71 bits per heavy atom. The second-order valence-electron chi connectivity index (χ2n) is 8.10. The number of aromatic nitrogens is 3. The van der Waals surface area contributed by atoms with Gasteiger partial charge < -0.3 is 19.7 Å². The normalized spacial score (nSPS) is 15.3. The molecule has 1 amide bonds. The summed E-state index contributed by atoms with van der Waals surface area (Å²) in [6, 6.07) is 12.1. The maximum atomic E-state index is 13.0. The Hall–Kier alpha value is -2.90. The number of nitrogens with zero attached hydrogens (tertiary/aromatic N) is 5. The van der Waals surface area contributed by atoms with Crippen molar-refractivity contribution < 1.29 is 4.79 Å². The number of aryl methyl sites for hydroxylation is 1. The van der Waals surface area contributed by atoms with Gasteiger partial charge in [-0.15, -0.1) is 0 Å². The van der Waals surface area contributed by atoms with Gasteiger partial charge in [0.25, 0.3) is 5.91 Å². The summed E-state index contributed by atoms with van der Waals surface area (Å²) in [5.74, 6) is 0.667. The highest BCUT2D eigenvalue weighted by molar-refractivity contribution is 5.97. The van der Waals surface area contributed by atoms with E-state index in [0.717, 1.165) is 57.2 Å². The van der Waals surface area contributed by atoms with Crippen molar-refractivity contribution in [2.45, 2.75) is 20.3 Å². The average Bonchev–Trinajstić information content (AvgIpc) is 3.47. The molecule has 1 aromatic carbocycles. The first-order valence-electron chi connectivity index (χ1n) is 11.2. The van der Waals surface area contributed by atoms with Crippen LogP contribution in [0.3, 0.4) is 0 Å². The number of rotatable bonds is 8. The first kappa shape index (κ1) is 21.3. The van der Waals surface area contributed by atoms with Crippen LogP contribution in [-0.4, -0.2) is 75.9 Å². The highest BCUT2D eigenvalue weighted by Crippen LogP contribution is 2.20. The summed E-state index contributed by atoms with van der Waals surface area (Å²) in [6.07, 6.45) is 6.49. The van der Waals surface area contributed by atoms with E-state index in [1.807, 2.05) is 45.9 Å². The number of hydrogen-bond acceptors (Lipinski definition) is 4. The lowest BCUT2D eigenvalue weighted by Gasteiger charge is -2.33. The molecular weight excluding hydrogens is 388 g/mol. The second-order valence-corrected chi connectivity index (χ2v) is 8.10. The average molecular weight is 421 g/mol. The molecule has 0 spiro atoms. The molecule has 4 rings (SSSR count). The van der Waals surface area contributed by atoms with Crippen molar-refractivity contribution in [3.8, 4) is 11.5 Å². The molecule has 164 valence electrons. The minimum absolute atomic E-state index is 0.0853. The van der Waals surface area contributed by atoms with Crippen LogP contribution in [0.4, 0.5) is 0 Å². The van der Waals surface area contributed by atoms with Gasteiger partial charge in [-0.3, -0.25) is 4.79 Å². The minimum Gasteiger partial charge on any atom is -0.352 e. The molecule has 2 aromatic heterocycles. The fourth-order valence-electron chi connectivity index (χ4n) is 4.03. The Labute approximate surface area is 184 Å². The molecule has 1 saturated heterocycles. The molecule has 0 radical (unpaired) electrons. The van der Waals surface area contributed by atoms with E-state index >= 15 is 0 Å². The zero-order valence-electron chi connectivity index (χ0n) is 18.5. The van der Waals surface area contributed by atoms with E-state index in [9.17, 15) is 4.79 Å². The summed E-state index contributed by atoms with van der Waals surface area (Å²) in [5, 5.41) is 7.62. The van der Waals surface area contributed by atoms with E-state index in [2.05, 4.69) is 46.2 Å². The molecule has 0 bridgehead atoms. The number of hydrogen-bond donors (Lipinski definition) is 1. The summed E-state index contributed by atoms with van der Waals surface area (Å²) < 4.78 is 3.76. The van der Waals surface area contributed by atoms with Gasteiger partial charge in [-0.05, 0) is 50.7 Å². The van der Waals surface area contributed by atoms with Crippen LogP contribution >= 0.6 is 0 Å². The van der Waals surface area contributed by atoms with Crippen molar-refractivity contribution in [3.63, 3.8) is 0 Å². The Bertz CT molecular complexity index is 968. The van der Waals surface area contributed by atoms with E-state index in [-0.39, 0.29) is 5.91 Å². The van der Waals surface area contributed by atoms with Gasteiger partial charge in [0.2, 0.25) is 0 Å². The highest BCUT2D eigenvalue weighted by atomic mass is 16.1. The van der Waals surface area contributed by atoms with Gasteiger partial charge in [0.15, 0.2) is 5.82 Å². The van der Waals surface area contributed by atoms with E-state index in [0.29, 0.717) is 12.1 Å². The predicted octanol–water partition coefficient (Wildman–Crippen LogP) is 2.73. The van der Waals surface area contributed by atoms with Crippen LogP contribution in [-0.2, 0) is 0 Å². The number of carbonyl (C=O) groups is 1. The molecule has 3 aromatic rings. The van der Waals surface area contributed by atoms with Crippen LogP contribution in [0.5, 0.6) is 0 Å². The number of amides is 1. The number of piperazine rings is 1. The maximum absolute atomic E-state index is 13.0. The van der Waals surface area contributed by atoms with E-state index < -0.39 is 0 Å². The fourth-order valence-corrected chi connectivity index (χ4v) is 4.03. The van der Waals surface area contributed by atoms with Gasteiger partial charge in [-0.25, -0.2) is 4.68 Å². The van der Waals surface area contributed by atoms with Crippen molar-refractivity contribution in [2.24, 2.45) is 0 Å². The predicted molar refractivity (Wildman–Crippen MR) is 123 cm³/mol. The molecule has 0 unspecified atom stereocenters. The molecule has 1 aliphatic heterocycles. The lowest BCUT2D eigenvalue weighted by Crippen LogP contribution is -2.46. The van der Waals surface area contributed by atoms with Gasteiger partial charge in [0.1, 0.15) is 5.56 Å². The van der Waals surface area contributed by atoms with Crippen LogP contribution in [0.1, 0.15) is 29.3 Å². The molecule has 7 heteroatoms. The molecule has 0 aliphatic carbocycles. The lowest BCUT2D eigenvalue weighted by atomic mass is 10.2. The van der Waals surface area contributed by atoms with Crippen molar-refractivity contribution >= 4 is 5.91 Å². The zero-order chi connectivity index (χ0) is 21.6. The zero-order valence-corrected chi connectivity index (χ0v) is 18.5. The SMILES string of the molecule is CCN1CCN(CCCNC(=O)c2cnn(-c3ccc(C)cc3)c2-n2cccc2)CC1. The molecule has 7 nitrogen and oxygen atoms in total. The molecule has 1 N–H and O–H groups in total. The van der Waals surface area contributed by atoms with Gasteiger partial charge in [0, 0.05) is 45.1 Å². The molecule has 1 fully saturated rings. The molecule has 0 saturated carbocycles. The molecule has 3 heterocycles. The standard InChI is InChI=1S/C24H32N6O/c1-3-27-15-17-28(18-16-27)12-6-11-25-23(31)22-19-26-30(21-9-7-20(2)8-10-21)24(22)29-13-4-5-14-29/h4-5,7-10,13-14,19H,3,6,11-12,15-18H2,1-2H3,(H,25,31). The van der Waals surface area contributed by atoms with Gasteiger partial charge in [-0.2, -0.15) is 5.10 Å². The van der Waals surface area contributed by atoms with E-state index in [1.165, 1.54) is 5.56 Å². The molecular formula is C24H32N6O. The van der Waals surface area contributed by atoms with E-state index in [1.54, 1.807) is 6.20 Å². The van der Waals surface area contributed by atoms with E-state index in [4.69, 9.17) is 0 Å². The summed E-state index contributed by atoms with van der Waals surface area (Å²) in [6.45, 7) is 11.6. The first-order chi connectivity index (χ1) is 15.2. The van der Waals surface area contributed by atoms with Crippen LogP contribution in [0, 0.1) is 6.92 Å². The second kappa shape index (κ2) is 9.94. The third-order valence-electron chi connectivity index (χ3n) is 5.96. The fraction of sp³-hybridized carbons (Fsp3) is 0.417. The summed E-state index contributed by atoms with van der Waals surface area (Å²) >= 11 is 0. The van der Waals surface area contributed by atoms with Crippen molar-refractivity contribution in [3.05, 3.63) is 66.1 Å². The Morgan fingerprint density at radius 1 is 1.03 bits per heavy atom. The quantitative estimate of drug-likeness (QED) is 0.570.